The van der Waals surface area contributed by atoms with Crippen molar-refractivity contribution < 1.29 is 115 Å². The van der Waals surface area contributed by atoms with Gasteiger partial charge in [-0.3, -0.25) is 96.1 Å². The van der Waals surface area contributed by atoms with Gasteiger partial charge in [-0.2, -0.15) is 0 Å². The van der Waals surface area contributed by atoms with E-state index < -0.39 is 146 Å². The number of pyridine rings is 4. The van der Waals surface area contributed by atoms with Gasteiger partial charge in [0.1, 0.15) is 24.8 Å². The molecule has 40 heteroatoms. The van der Waals surface area contributed by atoms with E-state index in [9.17, 15) is 106 Å². The molecular formula is C105H112F2N14O24. The van der Waals surface area contributed by atoms with Crippen LogP contribution in [0.15, 0.2) is 107 Å². The summed E-state index contributed by atoms with van der Waals surface area (Å²) in [5.74, 6) is -10.2. The molecule has 16 rings (SSSR count). The Hall–Kier alpha value is -15.2. The number of aromatic nitrogens is 4. The number of aryl methyl sites for hydroxylation is 2. The summed E-state index contributed by atoms with van der Waals surface area (Å²) in [4.78, 5) is 268. The maximum Gasteiger partial charge on any atom is 0.343 e. The molecule has 7 atom stereocenters. The Morgan fingerprint density at radius 3 is 1.26 bits per heavy atom. The smallest absolute Gasteiger partial charge is 0.343 e. The van der Waals surface area contributed by atoms with Crippen molar-refractivity contribution in [2.75, 3.05) is 39.3 Å². The van der Waals surface area contributed by atoms with Gasteiger partial charge in [0.25, 0.3) is 22.9 Å². The van der Waals surface area contributed by atoms with Crippen LogP contribution in [0.25, 0.3) is 44.6 Å². The number of fused-ring (bicyclic) bond motifs is 10. The number of cyclic esters (lactones) is 2. The molecule has 10 heterocycles. The van der Waals surface area contributed by atoms with Crippen molar-refractivity contribution in [3.05, 3.63) is 207 Å². The van der Waals surface area contributed by atoms with Crippen LogP contribution in [0, 0.1) is 31.4 Å². The lowest BCUT2D eigenvalue weighted by Crippen LogP contribution is -2.44. The first kappa shape index (κ1) is 104. The van der Waals surface area contributed by atoms with Gasteiger partial charge in [0.2, 0.25) is 59.1 Å². The van der Waals surface area contributed by atoms with E-state index >= 15 is 8.78 Å². The second-order valence-electron chi connectivity index (χ2n) is 37.7. The van der Waals surface area contributed by atoms with E-state index in [0.29, 0.717) is 104 Å². The molecule has 10 N–H and O–H groups in total. The minimum Gasteiger partial charge on any atom is -0.458 e. The monoisotopic (exact) mass is 1990 g/mol. The minimum atomic E-state index is -2.04. The number of likely N-dealkylation sites (tertiary alicyclic amines) is 1. The van der Waals surface area contributed by atoms with Gasteiger partial charge in [0, 0.05) is 173 Å². The van der Waals surface area contributed by atoms with Crippen molar-refractivity contribution in [2.24, 2.45) is 5.92 Å². The molecule has 1 unspecified atom stereocenters. The summed E-state index contributed by atoms with van der Waals surface area (Å²) in [7, 11) is 0. The van der Waals surface area contributed by atoms with Crippen LogP contribution < -0.4 is 53.7 Å². The number of imide groups is 2. The van der Waals surface area contributed by atoms with Crippen LogP contribution in [0.1, 0.15) is 233 Å². The number of halogens is 2. The van der Waals surface area contributed by atoms with E-state index in [4.69, 9.17) is 19.4 Å². The molecule has 1 fully saturated rings. The number of Topliss-reactive ketones (excluding diaryl/α,β-unsaturated/α-hetero) is 4. The van der Waals surface area contributed by atoms with Crippen LogP contribution in [-0.4, -0.2) is 196 Å². The Kier molecular flexibility index (Phi) is 32.1. The first-order valence-corrected chi connectivity index (χ1v) is 48.8. The maximum atomic E-state index is 15.4. The van der Waals surface area contributed by atoms with Gasteiger partial charge < -0.3 is 71.4 Å². The van der Waals surface area contributed by atoms with Gasteiger partial charge in [0.15, 0.2) is 34.3 Å². The molecule has 6 aliphatic heterocycles. The molecule has 0 spiro atoms. The van der Waals surface area contributed by atoms with Crippen molar-refractivity contribution in [3.8, 4) is 22.8 Å². The molecule has 1 saturated heterocycles. The number of benzene rings is 4. The van der Waals surface area contributed by atoms with E-state index in [-0.39, 0.29) is 233 Å². The van der Waals surface area contributed by atoms with Gasteiger partial charge in [-0.25, -0.2) is 28.3 Å². The van der Waals surface area contributed by atoms with Crippen molar-refractivity contribution in [1.29, 1.82) is 0 Å². The molecule has 0 bridgehead atoms. The van der Waals surface area contributed by atoms with E-state index in [1.54, 1.807) is 107 Å². The summed E-state index contributed by atoms with van der Waals surface area (Å²) in [5, 5.41) is 46.1. The average molecular weight is 1990 g/mol. The van der Waals surface area contributed by atoms with Crippen LogP contribution in [0.3, 0.4) is 0 Å². The normalized spacial score (nSPS) is 18.3. The zero-order chi connectivity index (χ0) is 104. The molecule has 760 valence electrons. The van der Waals surface area contributed by atoms with E-state index in [2.05, 4.69) is 42.5 Å². The van der Waals surface area contributed by atoms with Gasteiger partial charge >= 0.3 is 11.9 Å². The van der Waals surface area contributed by atoms with Gasteiger partial charge in [0.05, 0.1) is 95.3 Å². The van der Waals surface area contributed by atoms with Gasteiger partial charge in [-0.1, -0.05) is 81.4 Å². The number of ketones is 4. The number of rotatable bonds is 42. The summed E-state index contributed by atoms with van der Waals surface area (Å²) in [6, 6.07) is 20.7. The van der Waals surface area contributed by atoms with Gasteiger partial charge in [-0.15, -0.1) is 0 Å². The third-order valence-corrected chi connectivity index (χ3v) is 28.2. The maximum absolute atomic E-state index is 15.4. The fraction of sp³-hybridized carbons (Fsp3) is 0.429. The van der Waals surface area contributed by atoms with Crippen LogP contribution >= 0.6 is 0 Å². The standard InChI is InChI=1S/C53H58FN7O12.C52H54FN7O12/c1-4-53(72)35-23-40-49-33(26-61(40)51(70)34(35)27-73-52(53)71)48-37(14-13-32-29(3)36(54)24-39(59-49)47(32)48)57-44(66)11-8-19-55-42(64)17-15-41(63)38(22-30-9-6-5-7-10-30)58-45(67)16-12-31(62)25-56-43(65)18-20-60-46(68)21-28(2)50(60)69;1-3-52(71)34-23-39-49-32(26-60(39)50(69)33(34)27-72-51(52)70)48-36(13-12-31-28(2)35(53)24-38(58-49)47(31)48)56-43(65)10-7-20-54-41(63)16-14-40(62)37(22-29-8-5-4-6-9-29)57-44(66)15-11-30(61)25-55-42(64)19-21-59-45(67)17-18-46(59)68/h5-7,9-10,23-24,28,37-38,72H,4,8,11-22,25-27H2,1-3H3,(H,55,64)(H,56,65)(H,57,66)(H,58,67);4-6,8-9,17-18,23-24,36-37,71H,3,7,10-16,19-22,25-27H2,1-2H3,(H,54,63)(H,55,64)(H,56,65)(H,57,66)/t28?,37-,38-,53-;36-,37-,52-/m00/s1. The molecule has 2 aliphatic carbocycles. The molecule has 0 radical (unpaired) electrons. The van der Waals surface area contributed by atoms with Crippen LogP contribution in [0.5, 0.6) is 0 Å². The Bertz CT molecular complexity index is 6860. The summed E-state index contributed by atoms with van der Waals surface area (Å²) < 4.78 is 44.2. The summed E-state index contributed by atoms with van der Waals surface area (Å²) in [6.45, 7) is 7.10. The van der Waals surface area contributed by atoms with Crippen LogP contribution in [0.2, 0.25) is 0 Å². The number of amides is 12. The molecule has 4 aromatic carbocycles. The number of aliphatic hydroxyl groups is 2. The molecular weight excluding hydrogens is 1880 g/mol. The number of ether oxygens (including phenoxy) is 2. The highest BCUT2D eigenvalue weighted by atomic mass is 19.1. The highest BCUT2D eigenvalue weighted by Crippen LogP contribution is 2.49. The predicted molar refractivity (Wildman–Crippen MR) is 514 cm³/mol. The molecule has 0 saturated carbocycles. The molecule has 8 aromatic rings. The topological polar surface area (TPSA) is 539 Å². The van der Waals surface area contributed by atoms with Crippen molar-refractivity contribution in [1.82, 2.24) is 71.4 Å². The quantitative estimate of drug-likeness (QED) is 0.0133. The fourth-order valence-electron chi connectivity index (χ4n) is 20.0. The number of carbonyl (C=O) groups is 18. The average Bonchev–Trinajstić information content (AvgIpc) is 1.59. The summed E-state index contributed by atoms with van der Waals surface area (Å²) >= 11 is 0. The zero-order valence-electron chi connectivity index (χ0n) is 80.8. The summed E-state index contributed by atoms with van der Waals surface area (Å²) in [5.41, 5.74) is 4.53. The number of hydrogen-bond acceptors (Lipinski definition) is 26. The molecule has 145 heavy (non-hydrogen) atoms. The lowest BCUT2D eigenvalue weighted by molar-refractivity contribution is -0.172. The third-order valence-electron chi connectivity index (χ3n) is 28.2. The number of esters is 2. The number of carbonyl (C=O) groups excluding carboxylic acids is 18. The number of nitrogens with one attached hydrogen (secondary N) is 8. The Labute approximate surface area is 829 Å². The van der Waals surface area contributed by atoms with Crippen LogP contribution in [-0.2, 0) is 159 Å². The second kappa shape index (κ2) is 44.7. The minimum absolute atomic E-state index is 0.0263. The highest BCUT2D eigenvalue weighted by molar-refractivity contribution is 6.13. The number of nitrogens with zero attached hydrogens (tertiary/aromatic N) is 6. The zero-order valence-corrected chi connectivity index (χ0v) is 80.8. The molecule has 4 aromatic heterocycles. The largest absolute Gasteiger partial charge is 0.458 e. The van der Waals surface area contributed by atoms with E-state index in [0.717, 1.165) is 44.2 Å². The number of hydrogen-bond donors (Lipinski definition) is 10. The third kappa shape index (κ3) is 22.7. The van der Waals surface area contributed by atoms with E-state index in [1.165, 1.54) is 21.3 Å². The van der Waals surface area contributed by atoms with Crippen molar-refractivity contribution >= 4 is 128 Å². The lowest BCUT2D eigenvalue weighted by Gasteiger charge is -2.31. The van der Waals surface area contributed by atoms with E-state index in [1.807, 2.05) is 0 Å². The van der Waals surface area contributed by atoms with Gasteiger partial charge in [-0.05, 0) is 135 Å². The first-order chi connectivity index (χ1) is 69.3. The molecule has 8 aliphatic rings. The Morgan fingerprint density at radius 1 is 0.469 bits per heavy atom. The predicted octanol–water partition coefficient (Wildman–Crippen LogP) is 5.24. The Morgan fingerprint density at radius 2 is 0.862 bits per heavy atom. The lowest BCUT2D eigenvalue weighted by atomic mass is 9.81. The molecule has 38 nitrogen and oxygen atoms in total. The SMILES string of the molecule is CC[C@@]1(O)C(=O)OCc2c1cc1n(c2=O)Cc2c-1nc1cc(F)c(C)c3c1c2[C@@H](NC(=O)CCCNC(=O)CCC(=O)[C@H](Cc1ccccc1)NC(=O)CCC(=O)CNC(=O)CCN1C(=O)C=CC1=O)CC3.CC[C@@]1(O)C(=O)OCc2c1cc1n(c2=O)Cc2c-1nc1cc(F)c(C)c3c1c2[C@@H](NC(=O)CCCNC(=O)CCC(=O)[C@H](Cc1ccccc1)NC(=O)CCC(=O)CNC(=O)CCN1C(=O)CC(C)C1=O)CC3. The van der Waals surface area contributed by atoms with Crippen LogP contribution in [0.4, 0.5) is 8.78 Å². The fourth-order valence-corrected chi connectivity index (χ4v) is 20.0. The highest BCUT2D eigenvalue weighted by Gasteiger charge is 2.49. The van der Waals surface area contributed by atoms with Crippen molar-refractivity contribution in [2.45, 2.75) is 244 Å². The van der Waals surface area contributed by atoms with Crippen molar-refractivity contribution in [3.63, 3.8) is 0 Å². The molecule has 12 amide bonds. The summed E-state index contributed by atoms with van der Waals surface area (Å²) in [6.07, 6.45) is 2.66. The second-order valence-corrected chi connectivity index (χ2v) is 37.7. The first-order valence-electron chi connectivity index (χ1n) is 48.8. The Balaban J connectivity index is 0.000000218.